The molecule has 0 fully saturated rings. The highest BCUT2D eigenvalue weighted by Gasteiger charge is 2.22. The molecule has 0 aliphatic rings. The first-order chi connectivity index (χ1) is 26.8. The summed E-state index contributed by atoms with van der Waals surface area (Å²) in [4.78, 5) is 2.41. The number of fused-ring (bicyclic) bond motifs is 4. The summed E-state index contributed by atoms with van der Waals surface area (Å²) in [5, 5.41) is 4.98. The highest BCUT2D eigenvalue weighted by Crippen LogP contribution is 2.44. The minimum Gasteiger partial charge on any atom is -0.308 e. The van der Waals surface area contributed by atoms with Crippen LogP contribution in [-0.2, 0) is 0 Å². The van der Waals surface area contributed by atoms with Crippen molar-refractivity contribution in [2.24, 2.45) is 0 Å². The van der Waals surface area contributed by atoms with E-state index in [9.17, 15) is 0 Å². The standard InChI is InChI=1S/C52H36N2/c1-3-14-37(15-4-1)39-26-31-43(32-27-39)53(44-33-28-41(29-34-44)46-23-13-19-40-18-7-8-20-45(40)46)51-35-30-42(38-16-5-2-6-17-38)36-52(51)54-49-24-11-9-21-47(49)48-22-10-12-25-50(48)54/h1-36H. The number of para-hydroxylation sites is 2. The van der Waals surface area contributed by atoms with E-state index >= 15 is 0 Å². The maximum absolute atomic E-state index is 2.45. The zero-order valence-corrected chi connectivity index (χ0v) is 29.7. The van der Waals surface area contributed by atoms with Gasteiger partial charge in [-0.15, -0.1) is 0 Å². The van der Waals surface area contributed by atoms with Crippen LogP contribution in [0.25, 0.3) is 71.6 Å². The van der Waals surface area contributed by atoms with Crippen LogP contribution in [0.4, 0.5) is 17.1 Å². The Labute approximate surface area is 315 Å². The van der Waals surface area contributed by atoms with Gasteiger partial charge in [0.05, 0.1) is 22.4 Å². The van der Waals surface area contributed by atoms with Crippen LogP contribution in [0.15, 0.2) is 218 Å². The predicted octanol–water partition coefficient (Wildman–Crippen LogP) is 14.4. The van der Waals surface area contributed by atoms with Crippen molar-refractivity contribution in [3.05, 3.63) is 218 Å². The predicted molar refractivity (Wildman–Crippen MR) is 229 cm³/mol. The summed E-state index contributed by atoms with van der Waals surface area (Å²) in [6.07, 6.45) is 0. The Bertz CT molecular complexity index is 2850. The lowest BCUT2D eigenvalue weighted by Gasteiger charge is -2.29. The SMILES string of the molecule is c1ccc(-c2ccc(N(c3ccc(-c4cccc5ccccc45)cc3)c3ccc(-c4ccccc4)cc3-n3c4ccccc4c4ccccc43)cc2)cc1. The highest BCUT2D eigenvalue weighted by molar-refractivity contribution is 6.10. The summed E-state index contributed by atoms with van der Waals surface area (Å²) in [6, 6.07) is 78.9. The monoisotopic (exact) mass is 688 g/mol. The Morgan fingerprint density at radius 2 is 0.778 bits per heavy atom. The number of nitrogens with zero attached hydrogens (tertiary/aromatic N) is 2. The molecule has 0 atom stereocenters. The van der Waals surface area contributed by atoms with E-state index in [4.69, 9.17) is 0 Å². The number of hydrogen-bond donors (Lipinski definition) is 0. The van der Waals surface area contributed by atoms with Crippen LogP contribution in [0.5, 0.6) is 0 Å². The summed E-state index contributed by atoms with van der Waals surface area (Å²) in [5.41, 5.74) is 13.9. The quantitative estimate of drug-likeness (QED) is 0.162. The van der Waals surface area contributed by atoms with Gasteiger partial charge in [0.1, 0.15) is 0 Å². The second-order valence-corrected chi connectivity index (χ2v) is 13.8. The third kappa shape index (κ3) is 5.53. The number of benzene rings is 9. The Morgan fingerprint density at radius 3 is 1.41 bits per heavy atom. The number of anilines is 3. The van der Waals surface area contributed by atoms with E-state index in [2.05, 4.69) is 228 Å². The minimum atomic E-state index is 1.08. The molecule has 10 aromatic rings. The maximum Gasteiger partial charge on any atom is 0.0709 e. The summed E-state index contributed by atoms with van der Waals surface area (Å²) < 4.78 is 2.45. The normalized spacial score (nSPS) is 11.3. The van der Waals surface area contributed by atoms with Crippen molar-refractivity contribution < 1.29 is 0 Å². The molecule has 9 aromatic carbocycles. The zero-order valence-electron chi connectivity index (χ0n) is 29.7. The maximum atomic E-state index is 2.45. The average Bonchev–Trinajstić information content (AvgIpc) is 3.59. The molecular formula is C52H36N2. The van der Waals surface area contributed by atoms with Crippen molar-refractivity contribution in [2.45, 2.75) is 0 Å². The van der Waals surface area contributed by atoms with Crippen molar-refractivity contribution in [3.8, 4) is 39.1 Å². The van der Waals surface area contributed by atoms with Gasteiger partial charge in [-0.05, 0) is 92.7 Å². The lowest BCUT2D eigenvalue weighted by atomic mass is 9.98. The molecule has 1 aromatic heterocycles. The molecule has 0 aliphatic heterocycles. The van der Waals surface area contributed by atoms with Crippen LogP contribution in [0.2, 0.25) is 0 Å². The fourth-order valence-corrected chi connectivity index (χ4v) is 8.01. The van der Waals surface area contributed by atoms with E-state index in [-0.39, 0.29) is 0 Å². The zero-order chi connectivity index (χ0) is 35.8. The van der Waals surface area contributed by atoms with Crippen molar-refractivity contribution in [3.63, 3.8) is 0 Å². The minimum absolute atomic E-state index is 1.08. The van der Waals surface area contributed by atoms with Crippen molar-refractivity contribution in [1.29, 1.82) is 0 Å². The lowest BCUT2D eigenvalue weighted by molar-refractivity contribution is 1.15. The highest BCUT2D eigenvalue weighted by atomic mass is 15.2. The van der Waals surface area contributed by atoms with Gasteiger partial charge in [-0.2, -0.15) is 0 Å². The van der Waals surface area contributed by atoms with Crippen molar-refractivity contribution in [1.82, 2.24) is 4.57 Å². The van der Waals surface area contributed by atoms with E-state index in [0.717, 1.165) is 22.7 Å². The Morgan fingerprint density at radius 1 is 0.315 bits per heavy atom. The molecule has 0 amide bonds. The molecule has 0 saturated heterocycles. The van der Waals surface area contributed by atoms with E-state index in [0.29, 0.717) is 0 Å². The molecule has 2 nitrogen and oxygen atoms in total. The van der Waals surface area contributed by atoms with Crippen molar-refractivity contribution >= 4 is 49.6 Å². The van der Waals surface area contributed by atoms with Gasteiger partial charge in [0.2, 0.25) is 0 Å². The third-order valence-corrected chi connectivity index (χ3v) is 10.6. The van der Waals surface area contributed by atoms with E-state index < -0.39 is 0 Å². The molecule has 54 heavy (non-hydrogen) atoms. The lowest BCUT2D eigenvalue weighted by Crippen LogP contribution is -2.13. The molecule has 0 radical (unpaired) electrons. The number of rotatable bonds is 7. The van der Waals surface area contributed by atoms with Gasteiger partial charge in [0.25, 0.3) is 0 Å². The van der Waals surface area contributed by atoms with Crippen LogP contribution >= 0.6 is 0 Å². The molecule has 0 aliphatic carbocycles. The van der Waals surface area contributed by atoms with E-state index in [1.807, 2.05) is 0 Å². The summed E-state index contributed by atoms with van der Waals surface area (Å²) in [5.74, 6) is 0. The van der Waals surface area contributed by atoms with Crippen LogP contribution in [0.1, 0.15) is 0 Å². The molecule has 254 valence electrons. The fourth-order valence-electron chi connectivity index (χ4n) is 8.01. The van der Waals surface area contributed by atoms with Gasteiger partial charge in [-0.25, -0.2) is 0 Å². The first-order valence-corrected chi connectivity index (χ1v) is 18.5. The molecule has 1 heterocycles. The Kier molecular flexibility index (Phi) is 7.85. The van der Waals surface area contributed by atoms with Crippen LogP contribution in [-0.4, -0.2) is 4.57 Å². The molecule has 0 N–H and O–H groups in total. The van der Waals surface area contributed by atoms with Crippen LogP contribution in [0, 0.1) is 0 Å². The third-order valence-electron chi connectivity index (χ3n) is 10.6. The van der Waals surface area contributed by atoms with Gasteiger partial charge < -0.3 is 9.47 Å². The van der Waals surface area contributed by atoms with Gasteiger partial charge >= 0.3 is 0 Å². The van der Waals surface area contributed by atoms with Crippen molar-refractivity contribution in [2.75, 3.05) is 4.90 Å². The smallest absolute Gasteiger partial charge is 0.0709 e. The number of hydrogen-bond acceptors (Lipinski definition) is 1. The Hall–Kier alpha value is -7.16. The molecule has 0 saturated carbocycles. The summed E-state index contributed by atoms with van der Waals surface area (Å²) in [6.45, 7) is 0. The van der Waals surface area contributed by atoms with Gasteiger partial charge in [0, 0.05) is 22.1 Å². The van der Waals surface area contributed by atoms with Crippen LogP contribution in [0.3, 0.4) is 0 Å². The molecule has 0 unspecified atom stereocenters. The fraction of sp³-hybridized carbons (Fsp3) is 0. The van der Waals surface area contributed by atoms with Gasteiger partial charge in [0.15, 0.2) is 0 Å². The second kappa shape index (κ2) is 13.4. The molecule has 10 rings (SSSR count). The Balaban J connectivity index is 1.21. The van der Waals surface area contributed by atoms with E-state index in [1.54, 1.807) is 0 Å². The second-order valence-electron chi connectivity index (χ2n) is 13.8. The van der Waals surface area contributed by atoms with Crippen LogP contribution < -0.4 is 4.90 Å². The molecule has 2 heteroatoms. The largest absolute Gasteiger partial charge is 0.308 e. The summed E-state index contributed by atoms with van der Waals surface area (Å²) in [7, 11) is 0. The molecule has 0 bridgehead atoms. The first-order valence-electron chi connectivity index (χ1n) is 18.5. The first kappa shape index (κ1) is 31.6. The summed E-state index contributed by atoms with van der Waals surface area (Å²) >= 11 is 0. The molecule has 0 spiro atoms. The molecular weight excluding hydrogens is 653 g/mol. The topological polar surface area (TPSA) is 8.17 Å². The average molecular weight is 689 g/mol. The van der Waals surface area contributed by atoms with E-state index in [1.165, 1.54) is 66.0 Å². The van der Waals surface area contributed by atoms with Gasteiger partial charge in [-0.1, -0.05) is 170 Å². The van der Waals surface area contributed by atoms with Gasteiger partial charge in [-0.3, -0.25) is 0 Å². The number of aromatic nitrogens is 1.